The number of carboxylic acids is 1. The lowest BCUT2D eigenvalue weighted by Gasteiger charge is -2.60. The van der Waals surface area contributed by atoms with Crippen LogP contribution in [-0.2, 0) is 4.79 Å². The van der Waals surface area contributed by atoms with Gasteiger partial charge in [0.2, 0.25) is 0 Å². The average molecular weight is 220 g/mol. The summed E-state index contributed by atoms with van der Waals surface area (Å²) in [5.74, 6) is 0.765. The quantitative estimate of drug-likeness (QED) is 0.725. The second-order valence-corrected chi connectivity index (χ2v) is 6.44. The van der Waals surface area contributed by atoms with Gasteiger partial charge in [-0.25, -0.2) is 0 Å². The van der Waals surface area contributed by atoms with Gasteiger partial charge in [-0.2, -0.15) is 0 Å². The van der Waals surface area contributed by atoms with Crippen molar-refractivity contribution in [3.63, 3.8) is 0 Å². The molecule has 0 aliphatic heterocycles. The predicted octanol–water partition coefficient (Wildman–Crippen LogP) is 3.23. The summed E-state index contributed by atoms with van der Waals surface area (Å²) in [4.78, 5) is 11.5. The molecule has 0 aromatic carbocycles. The Kier molecular flexibility index (Phi) is 1.88. The van der Waals surface area contributed by atoms with Gasteiger partial charge in [0.15, 0.2) is 0 Å². The highest BCUT2D eigenvalue weighted by Gasteiger charge is 2.59. The van der Waals surface area contributed by atoms with Crippen LogP contribution in [0.25, 0.3) is 0 Å². The highest BCUT2D eigenvalue weighted by atomic mass is 16.4. The average Bonchev–Trinajstić information content (AvgIpc) is 2.15. The third-order valence-electron chi connectivity index (χ3n) is 5.64. The Labute approximate surface area is 96.7 Å². The summed E-state index contributed by atoms with van der Waals surface area (Å²) in [5, 5.41) is 9.50. The SMILES string of the molecule is CC1(C)C2CC=C(C3(C(=O)O)CCC3)C1C2. The summed E-state index contributed by atoms with van der Waals surface area (Å²) >= 11 is 0. The molecule has 2 saturated carbocycles. The molecule has 0 radical (unpaired) electrons. The Morgan fingerprint density at radius 1 is 1.44 bits per heavy atom. The molecule has 2 bridgehead atoms. The number of allylic oxidation sites excluding steroid dienone is 1. The molecule has 2 unspecified atom stereocenters. The molecule has 16 heavy (non-hydrogen) atoms. The van der Waals surface area contributed by atoms with Crippen molar-refractivity contribution in [1.29, 1.82) is 0 Å². The minimum absolute atomic E-state index is 0.349. The van der Waals surface area contributed by atoms with E-state index in [9.17, 15) is 9.90 Å². The number of rotatable bonds is 2. The highest BCUT2D eigenvalue weighted by molar-refractivity contribution is 5.80. The molecular formula is C14H20O2. The Morgan fingerprint density at radius 3 is 2.50 bits per heavy atom. The standard InChI is InChI=1S/C14H20O2/c1-13(2)9-4-5-10(11(13)8-9)14(12(15)16)6-3-7-14/h5,9,11H,3-4,6-8H2,1-2H3,(H,15,16). The second kappa shape index (κ2) is 2.91. The van der Waals surface area contributed by atoms with Crippen molar-refractivity contribution in [2.75, 3.05) is 0 Å². The molecule has 88 valence electrons. The minimum atomic E-state index is -0.578. The summed E-state index contributed by atoms with van der Waals surface area (Å²) in [6, 6.07) is 0. The van der Waals surface area contributed by atoms with E-state index in [0.717, 1.165) is 31.6 Å². The normalized spacial score (nSPS) is 38.0. The maximum atomic E-state index is 11.5. The van der Waals surface area contributed by atoms with Crippen LogP contribution in [0.15, 0.2) is 11.6 Å². The van der Waals surface area contributed by atoms with Crippen LogP contribution in [0, 0.1) is 22.7 Å². The zero-order valence-corrected chi connectivity index (χ0v) is 10.1. The Bertz CT molecular complexity index is 374. The molecule has 4 aliphatic carbocycles. The van der Waals surface area contributed by atoms with Gasteiger partial charge in [0.05, 0.1) is 5.41 Å². The third kappa shape index (κ3) is 1.01. The molecule has 4 aliphatic rings. The lowest BCUT2D eigenvalue weighted by atomic mass is 9.43. The number of fused-ring (bicyclic) bond motifs is 1. The minimum Gasteiger partial charge on any atom is -0.481 e. The number of carboxylic acid groups (broad SMARTS) is 1. The third-order valence-corrected chi connectivity index (χ3v) is 5.64. The van der Waals surface area contributed by atoms with Crippen LogP contribution >= 0.6 is 0 Å². The summed E-state index contributed by atoms with van der Waals surface area (Å²) in [5.41, 5.74) is 1.16. The predicted molar refractivity (Wildman–Crippen MR) is 62.0 cm³/mol. The Morgan fingerprint density at radius 2 is 2.12 bits per heavy atom. The van der Waals surface area contributed by atoms with Gasteiger partial charge < -0.3 is 5.11 Å². The van der Waals surface area contributed by atoms with Crippen molar-refractivity contribution in [1.82, 2.24) is 0 Å². The van der Waals surface area contributed by atoms with E-state index in [1.165, 1.54) is 12.0 Å². The van der Waals surface area contributed by atoms with E-state index >= 15 is 0 Å². The van der Waals surface area contributed by atoms with Crippen molar-refractivity contribution < 1.29 is 9.90 Å². The Hall–Kier alpha value is -0.790. The molecule has 1 N–H and O–H groups in total. The van der Waals surface area contributed by atoms with Gasteiger partial charge in [0.1, 0.15) is 0 Å². The summed E-state index contributed by atoms with van der Waals surface area (Å²) in [7, 11) is 0. The summed E-state index contributed by atoms with van der Waals surface area (Å²) in [6.07, 6.45) is 7.41. The first-order chi connectivity index (χ1) is 7.48. The van der Waals surface area contributed by atoms with Crippen molar-refractivity contribution in [2.45, 2.75) is 46.0 Å². The fraction of sp³-hybridized carbons (Fsp3) is 0.786. The van der Waals surface area contributed by atoms with Gasteiger partial charge in [0, 0.05) is 0 Å². The lowest BCUT2D eigenvalue weighted by molar-refractivity contribution is -0.154. The first-order valence-electron chi connectivity index (χ1n) is 6.42. The first-order valence-corrected chi connectivity index (χ1v) is 6.42. The van der Waals surface area contributed by atoms with E-state index in [0.29, 0.717) is 11.3 Å². The molecule has 2 heteroatoms. The van der Waals surface area contributed by atoms with E-state index in [4.69, 9.17) is 0 Å². The maximum Gasteiger partial charge on any atom is 0.313 e. The fourth-order valence-electron chi connectivity index (χ4n) is 4.04. The molecule has 0 spiro atoms. The van der Waals surface area contributed by atoms with E-state index in [2.05, 4.69) is 19.9 Å². The van der Waals surface area contributed by atoms with Gasteiger partial charge in [-0.1, -0.05) is 31.9 Å². The molecule has 4 rings (SSSR count). The van der Waals surface area contributed by atoms with E-state index in [-0.39, 0.29) is 0 Å². The van der Waals surface area contributed by atoms with Crippen molar-refractivity contribution in [3.8, 4) is 0 Å². The number of carbonyl (C=O) groups is 1. The van der Waals surface area contributed by atoms with Crippen LogP contribution < -0.4 is 0 Å². The van der Waals surface area contributed by atoms with Crippen LogP contribution in [0.2, 0.25) is 0 Å². The lowest BCUT2D eigenvalue weighted by Crippen LogP contribution is -2.54. The van der Waals surface area contributed by atoms with Crippen LogP contribution in [0.1, 0.15) is 46.0 Å². The second-order valence-electron chi connectivity index (χ2n) is 6.44. The van der Waals surface area contributed by atoms with Crippen LogP contribution in [0.3, 0.4) is 0 Å². The molecule has 2 nitrogen and oxygen atoms in total. The highest BCUT2D eigenvalue weighted by Crippen LogP contribution is 2.65. The Balaban J connectivity index is 1.96. The molecule has 0 amide bonds. The maximum absolute atomic E-state index is 11.5. The molecule has 0 aromatic rings. The fourth-order valence-corrected chi connectivity index (χ4v) is 4.04. The van der Waals surface area contributed by atoms with Crippen molar-refractivity contribution >= 4 is 5.97 Å². The molecule has 0 saturated heterocycles. The largest absolute Gasteiger partial charge is 0.481 e. The zero-order chi connectivity index (χ0) is 11.6. The zero-order valence-electron chi connectivity index (χ0n) is 10.1. The van der Waals surface area contributed by atoms with Gasteiger partial charge in [-0.3, -0.25) is 4.79 Å². The van der Waals surface area contributed by atoms with Gasteiger partial charge >= 0.3 is 5.97 Å². The monoisotopic (exact) mass is 220 g/mol. The first kappa shape index (κ1) is 10.4. The van der Waals surface area contributed by atoms with E-state index < -0.39 is 11.4 Å². The van der Waals surface area contributed by atoms with Gasteiger partial charge in [0.25, 0.3) is 0 Å². The molecule has 2 fully saturated rings. The molecule has 0 heterocycles. The van der Waals surface area contributed by atoms with Crippen molar-refractivity contribution in [2.24, 2.45) is 22.7 Å². The van der Waals surface area contributed by atoms with Crippen molar-refractivity contribution in [3.05, 3.63) is 11.6 Å². The number of aliphatic carboxylic acids is 1. The topological polar surface area (TPSA) is 37.3 Å². The van der Waals surface area contributed by atoms with Crippen LogP contribution in [0.4, 0.5) is 0 Å². The molecule has 2 atom stereocenters. The molecular weight excluding hydrogens is 200 g/mol. The van der Waals surface area contributed by atoms with Crippen LogP contribution in [-0.4, -0.2) is 11.1 Å². The smallest absolute Gasteiger partial charge is 0.313 e. The molecule has 0 aromatic heterocycles. The number of hydrogen-bond acceptors (Lipinski definition) is 1. The van der Waals surface area contributed by atoms with E-state index in [1.54, 1.807) is 0 Å². The van der Waals surface area contributed by atoms with Gasteiger partial charge in [-0.05, 0) is 42.9 Å². The van der Waals surface area contributed by atoms with Gasteiger partial charge in [-0.15, -0.1) is 0 Å². The number of hydrogen-bond donors (Lipinski definition) is 1. The summed E-state index contributed by atoms with van der Waals surface area (Å²) in [6.45, 7) is 4.63. The van der Waals surface area contributed by atoms with E-state index in [1.807, 2.05) is 0 Å². The summed E-state index contributed by atoms with van der Waals surface area (Å²) < 4.78 is 0. The van der Waals surface area contributed by atoms with Crippen LogP contribution in [0.5, 0.6) is 0 Å².